The van der Waals surface area contributed by atoms with Gasteiger partial charge in [0.25, 0.3) is 5.56 Å². The maximum Gasteiger partial charge on any atom is 0.330 e. The third kappa shape index (κ3) is 5.67. The summed E-state index contributed by atoms with van der Waals surface area (Å²) in [7, 11) is -4.25. The fourth-order valence-corrected chi connectivity index (χ4v) is 5.83. The number of aromatic nitrogens is 2. The van der Waals surface area contributed by atoms with E-state index in [0.717, 1.165) is 0 Å². The summed E-state index contributed by atoms with van der Waals surface area (Å²) in [6.45, 7) is 22.2. The molecule has 10 heteroatoms. The van der Waals surface area contributed by atoms with Crippen LogP contribution in [0.5, 0.6) is 0 Å². The van der Waals surface area contributed by atoms with Crippen molar-refractivity contribution in [3.8, 4) is 0 Å². The number of hydrogen-bond donors (Lipinski definition) is 1. The predicted molar refractivity (Wildman–Crippen MR) is 135 cm³/mol. The first-order valence-corrected chi connectivity index (χ1v) is 17.6. The Bertz CT molecular complexity index is 916. The average Bonchev–Trinajstić information content (AvgIpc) is 2.96. The summed E-state index contributed by atoms with van der Waals surface area (Å²) in [5, 5.41) is 0.0302. The van der Waals surface area contributed by atoms with E-state index < -0.39 is 39.7 Å². The normalized spacial score (nSPS) is 25.3. The van der Waals surface area contributed by atoms with Crippen molar-refractivity contribution in [1.82, 2.24) is 9.55 Å². The van der Waals surface area contributed by atoms with Crippen LogP contribution < -0.4 is 11.2 Å². The predicted octanol–water partition coefficient (Wildman–Crippen LogP) is 4.85. The number of hydrogen-bond acceptors (Lipinski definition) is 5. The molecule has 7 nitrogen and oxygen atoms in total. The molecule has 1 aliphatic rings. The first-order valence-electron chi connectivity index (χ1n) is 11.2. The largest absolute Gasteiger partial charge is 0.414 e. The molecule has 0 saturated carbocycles. The Hall–Kier alpha value is -0.716. The summed E-state index contributed by atoms with van der Waals surface area (Å²) in [6.07, 6.45) is 0.977. The quantitative estimate of drug-likeness (QED) is 0.424. The lowest BCUT2D eigenvalue weighted by Crippen LogP contribution is -2.55. The fourth-order valence-electron chi connectivity index (χ4n) is 3.11. The standard InChI is InChI=1S/C22H41ClN2O5Si2/c1-20(2,3)31(7,8)28-15-22(14-23)16(30-32(9,10)21(4,5)6)13-18(29-22)25-12-11-17(26)24-19(25)27/h11-12,16,18H,13-15H2,1-10H3,(H,24,26,27)/t16-,18+,22+/m0/s1. The van der Waals surface area contributed by atoms with E-state index >= 15 is 0 Å². The maximum atomic E-state index is 12.5. The van der Waals surface area contributed by atoms with Crippen molar-refractivity contribution in [1.29, 1.82) is 0 Å². The summed E-state index contributed by atoms with van der Waals surface area (Å²) in [6, 6.07) is 1.32. The molecule has 0 aromatic carbocycles. The van der Waals surface area contributed by atoms with Crippen molar-refractivity contribution < 1.29 is 13.6 Å². The highest BCUT2D eigenvalue weighted by Gasteiger charge is 2.54. The Morgan fingerprint density at radius 3 is 2.16 bits per heavy atom. The van der Waals surface area contributed by atoms with Gasteiger partial charge in [-0.3, -0.25) is 14.3 Å². The zero-order valence-electron chi connectivity index (χ0n) is 21.3. The minimum Gasteiger partial charge on any atom is -0.414 e. The van der Waals surface area contributed by atoms with Crippen LogP contribution in [-0.2, 0) is 13.6 Å². The highest BCUT2D eigenvalue weighted by Crippen LogP contribution is 2.46. The second kappa shape index (κ2) is 9.15. The van der Waals surface area contributed by atoms with Crippen LogP contribution in [0.1, 0.15) is 54.2 Å². The van der Waals surface area contributed by atoms with Gasteiger partial charge in [-0.1, -0.05) is 41.5 Å². The molecule has 0 radical (unpaired) electrons. The Labute approximate surface area is 199 Å². The van der Waals surface area contributed by atoms with Crippen molar-refractivity contribution in [3.05, 3.63) is 33.1 Å². The number of H-pyrrole nitrogens is 1. The Balaban J connectivity index is 2.45. The molecule has 1 fully saturated rings. The molecule has 1 N–H and O–H groups in total. The number of ether oxygens (including phenoxy) is 1. The lowest BCUT2D eigenvalue weighted by Gasteiger charge is -2.44. The highest BCUT2D eigenvalue weighted by molar-refractivity contribution is 6.74. The first kappa shape index (κ1) is 27.5. The number of alkyl halides is 1. The average molecular weight is 505 g/mol. The summed E-state index contributed by atoms with van der Waals surface area (Å²) < 4.78 is 21.3. The summed E-state index contributed by atoms with van der Waals surface area (Å²) >= 11 is 6.56. The molecular weight excluding hydrogens is 464 g/mol. The van der Waals surface area contributed by atoms with E-state index in [2.05, 4.69) is 72.7 Å². The molecule has 0 spiro atoms. The van der Waals surface area contributed by atoms with Gasteiger partial charge in [0, 0.05) is 18.7 Å². The van der Waals surface area contributed by atoms with Crippen LogP contribution in [0.25, 0.3) is 0 Å². The first-order chi connectivity index (χ1) is 14.4. The van der Waals surface area contributed by atoms with E-state index in [1.54, 1.807) is 0 Å². The third-order valence-corrected chi connectivity index (χ3v) is 16.9. The molecule has 0 aliphatic carbocycles. The van der Waals surface area contributed by atoms with Crippen LogP contribution in [-0.4, -0.2) is 50.4 Å². The molecule has 0 bridgehead atoms. The molecule has 2 rings (SSSR count). The van der Waals surface area contributed by atoms with Gasteiger partial charge in [0.15, 0.2) is 16.6 Å². The van der Waals surface area contributed by atoms with Crippen molar-refractivity contribution in [3.63, 3.8) is 0 Å². The van der Waals surface area contributed by atoms with Crippen molar-refractivity contribution >= 4 is 28.2 Å². The van der Waals surface area contributed by atoms with E-state index in [-0.39, 0.29) is 22.1 Å². The smallest absolute Gasteiger partial charge is 0.330 e. The zero-order chi connectivity index (χ0) is 24.8. The van der Waals surface area contributed by atoms with Gasteiger partial charge in [-0.2, -0.15) is 0 Å². The second-order valence-corrected chi connectivity index (χ2v) is 21.8. The van der Waals surface area contributed by atoms with Crippen LogP contribution in [0.2, 0.25) is 36.3 Å². The van der Waals surface area contributed by atoms with Crippen LogP contribution >= 0.6 is 11.6 Å². The van der Waals surface area contributed by atoms with Gasteiger partial charge >= 0.3 is 5.69 Å². The summed E-state index contributed by atoms with van der Waals surface area (Å²) in [5.41, 5.74) is -1.85. The van der Waals surface area contributed by atoms with Gasteiger partial charge in [0.05, 0.1) is 18.6 Å². The van der Waals surface area contributed by atoms with Gasteiger partial charge in [-0.05, 0) is 36.3 Å². The summed E-state index contributed by atoms with van der Waals surface area (Å²) in [4.78, 5) is 26.3. The van der Waals surface area contributed by atoms with Gasteiger partial charge in [-0.15, -0.1) is 11.6 Å². The molecule has 2 heterocycles. The van der Waals surface area contributed by atoms with Crippen LogP contribution in [0.15, 0.2) is 21.9 Å². The summed E-state index contributed by atoms with van der Waals surface area (Å²) in [5.74, 6) is 0.176. The lowest BCUT2D eigenvalue weighted by molar-refractivity contribution is -0.109. The molecular formula is C22H41ClN2O5Si2. The number of nitrogens with zero attached hydrogens (tertiary/aromatic N) is 1. The molecule has 3 atom stereocenters. The van der Waals surface area contributed by atoms with E-state index in [4.69, 9.17) is 25.2 Å². The number of rotatable bonds is 7. The van der Waals surface area contributed by atoms with Crippen LogP contribution in [0.3, 0.4) is 0 Å². The molecule has 0 unspecified atom stereocenters. The Morgan fingerprint density at radius 1 is 1.12 bits per heavy atom. The van der Waals surface area contributed by atoms with E-state index in [9.17, 15) is 9.59 Å². The van der Waals surface area contributed by atoms with Crippen LogP contribution in [0.4, 0.5) is 0 Å². The van der Waals surface area contributed by atoms with E-state index in [1.807, 2.05) is 0 Å². The Morgan fingerprint density at radius 2 is 1.69 bits per heavy atom. The SMILES string of the molecule is CC(C)(C)[Si](C)(C)OC[C@@]1(CCl)O[C@@H](n2ccc(=O)[nH]c2=O)C[C@@H]1O[Si](C)(C)C(C)(C)C. The molecule has 184 valence electrons. The molecule has 1 aromatic rings. The minimum atomic E-state index is -2.17. The van der Waals surface area contributed by atoms with Crippen molar-refractivity contribution in [2.75, 3.05) is 12.5 Å². The van der Waals surface area contributed by atoms with E-state index in [0.29, 0.717) is 13.0 Å². The van der Waals surface area contributed by atoms with Crippen molar-refractivity contribution in [2.45, 2.75) is 102 Å². The molecule has 1 saturated heterocycles. The number of halogens is 1. The van der Waals surface area contributed by atoms with E-state index in [1.165, 1.54) is 16.8 Å². The number of nitrogens with one attached hydrogen (secondary N) is 1. The lowest BCUT2D eigenvalue weighted by atomic mass is 10.0. The Kier molecular flexibility index (Phi) is 7.87. The monoisotopic (exact) mass is 504 g/mol. The second-order valence-electron chi connectivity index (χ2n) is 11.9. The van der Waals surface area contributed by atoms with Gasteiger partial charge < -0.3 is 13.6 Å². The molecule has 0 amide bonds. The maximum absolute atomic E-state index is 12.5. The fraction of sp³-hybridized carbons (Fsp3) is 0.818. The number of aromatic amines is 1. The van der Waals surface area contributed by atoms with Crippen LogP contribution in [0, 0.1) is 0 Å². The molecule has 1 aliphatic heterocycles. The van der Waals surface area contributed by atoms with Gasteiger partial charge in [0.2, 0.25) is 0 Å². The molecule has 1 aromatic heterocycles. The highest BCUT2D eigenvalue weighted by atomic mass is 35.5. The molecule has 32 heavy (non-hydrogen) atoms. The minimum absolute atomic E-state index is 0.00174. The van der Waals surface area contributed by atoms with Gasteiger partial charge in [-0.25, -0.2) is 4.79 Å². The topological polar surface area (TPSA) is 82.5 Å². The zero-order valence-corrected chi connectivity index (χ0v) is 24.1. The van der Waals surface area contributed by atoms with Gasteiger partial charge in [0.1, 0.15) is 11.8 Å². The third-order valence-electron chi connectivity index (χ3n) is 7.49. The van der Waals surface area contributed by atoms with Crippen molar-refractivity contribution in [2.24, 2.45) is 0 Å².